The first-order valence-corrected chi connectivity index (χ1v) is 5.61. The van der Waals surface area contributed by atoms with Gasteiger partial charge in [-0.1, -0.05) is 29.8 Å². The quantitative estimate of drug-likeness (QED) is 0.878. The molecule has 0 bridgehead atoms. The van der Waals surface area contributed by atoms with E-state index in [1.165, 1.54) is 6.33 Å². The van der Waals surface area contributed by atoms with E-state index in [-0.39, 0.29) is 17.8 Å². The molecule has 1 aromatic carbocycles. The number of amides is 1. The third kappa shape index (κ3) is 2.95. The van der Waals surface area contributed by atoms with E-state index in [2.05, 4.69) is 15.3 Å². The Kier molecular flexibility index (Phi) is 3.74. The van der Waals surface area contributed by atoms with Crippen molar-refractivity contribution < 1.29 is 4.79 Å². The highest BCUT2D eigenvalue weighted by molar-refractivity contribution is 6.31. The summed E-state index contributed by atoms with van der Waals surface area (Å²) in [5.74, 6) is -0.416. The van der Waals surface area contributed by atoms with E-state index in [1.54, 1.807) is 6.07 Å². The molecule has 0 radical (unpaired) electrons. The maximum atomic E-state index is 11.7. The molecule has 2 aromatic rings. The van der Waals surface area contributed by atoms with Gasteiger partial charge >= 0.3 is 0 Å². The highest BCUT2D eigenvalue weighted by atomic mass is 35.5. The van der Waals surface area contributed by atoms with Crippen LogP contribution in [-0.4, -0.2) is 15.9 Å². The van der Waals surface area contributed by atoms with Crippen LogP contribution in [0.4, 0.5) is 0 Å². The van der Waals surface area contributed by atoms with Crippen LogP contribution >= 0.6 is 11.6 Å². The number of halogens is 1. The van der Waals surface area contributed by atoms with Crippen LogP contribution < -0.4 is 10.9 Å². The van der Waals surface area contributed by atoms with E-state index in [0.29, 0.717) is 5.02 Å². The first kappa shape index (κ1) is 12.3. The van der Waals surface area contributed by atoms with E-state index in [0.717, 1.165) is 11.6 Å². The Hall–Kier alpha value is -2.14. The molecule has 0 aliphatic carbocycles. The number of hydrogen-bond acceptors (Lipinski definition) is 3. The maximum Gasteiger partial charge on any atom is 0.270 e. The summed E-state index contributed by atoms with van der Waals surface area (Å²) >= 11 is 5.96. The lowest BCUT2D eigenvalue weighted by Gasteiger charge is -2.05. The van der Waals surface area contributed by atoms with E-state index in [4.69, 9.17) is 11.6 Å². The summed E-state index contributed by atoms with van der Waals surface area (Å²) in [6.45, 7) is 0.285. The van der Waals surface area contributed by atoms with Crippen molar-refractivity contribution in [1.82, 2.24) is 15.3 Å². The van der Waals surface area contributed by atoms with Crippen LogP contribution in [0.5, 0.6) is 0 Å². The van der Waals surface area contributed by atoms with Crippen molar-refractivity contribution in [3.05, 3.63) is 63.3 Å². The summed E-state index contributed by atoms with van der Waals surface area (Å²) in [5, 5.41) is 3.22. The Bertz CT molecular complexity index is 624. The standard InChI is InChI=1S/C12H10ClN3O2/c13-9-4-2-1-3-8(9)6-14-12(18)10-5-11(17)16-7-15-10/h1-5,7H,6H2,(H,14,18)(H,15,16,17). The van der Waals surface area contributed by atoms with Gasteiger partial charge in [0.1, 0.15) is 5.69 Å². The third-order valence-corrected chi connectivity index (χ3v) is 2.68. The van der Waals surface area contributed by atoms with Crippen molar-refractivity contribution in [1.29, 1.82) is 0 Å². The van der Waals surface area contributed by atoms with Crippen LogP contribution in [0.15, 0.2) is 41.5 Å². The minimum Gasteiger partial charge on any atom is -0.347 e. The molecular formula is C12H10ClN3O2. The molecule has 0 aliphatic rings. The predicted molar refractivity (Wildman–Crippen MR) is 67.5 cm³/mol. The Labute approximate surface area is 108 Å². The zero-order valence-electron chi connectivity index (χ0n) is 9.31. The van der Waals surface area contributed by atoms with E-state index >= 15 is 0 Å². The number of aromatic nitrogens is 2. The number of nitrogens with one attached hydrogen (secondary N) is 2. The second-order valence-electron chi connectivity index (χ2n) is 3.57. The predicted octanol–water partition coefficient (Wildman–Crippen LogP) is 1.35. The normalized spacial score (nSPS) is 10.1. The van der Waals surface area contributed by atoms with Gasteiger partial charge in [-0.2, -0.15) is 0 Å². The van der Waals surface area contributed by atoms with Crippen LogP contribution in [0, 0.1) is 0 Å². The highest BCUT2D eigenvalue weighted by Gasteiger charge is 2.08. The molecule has 5 nitrogen and oxygen atoms in total. The number of aromatic amines is 1. The average molecular weight is 264 g/mol. The summed E-state index contributed by atoms with van der Waals surface area (Å²) in [4.78, 5) is 28.9. The summed E-state index contributed by atoms with van der Waals surface area (Å²) in [5.41, 5.74) is 0.510. The third-order valence-electron chi connectivity index (χ3n) is 2.31. The molecule has 92 valence electrons. The fourth-order valence-corrected chi connectivity index (χ4v) is 1.60. The molecule has 0 atom stereocenters. The Balaban J connectivity index is 2.05. The Morgan fingerprint density at radius 3 is 2.89 bits per heavy atom. The second-order valence-corrected chi connectivity index (χ2v) is 3.98. The van der Waals surface area contributed by atoms with Crippen molar-refractivity contribution in [3.8, 4) is 0 Å². The van der Waals surface area contributed by atoms with Gasteiger partial charge in [0.05, 0.1) is 6.33 Å². The molecule has 1 heterocycles. The Morgan fingerprint density at radius 1 is 1.39 bits per heavy atom. The van der Waals surface area contributed by atoms with E-state index in [1.807, 2.05) is 18.2 Å². The molecule has 2 N–H and O–H groups in total. The van der Waals surface area contributed by atoms with Gasteiger partial charge < -0.3 is 10.3 Å². The molecule has 1 amide bonds. The lowest BCUT2D eigenvalue weighted by atomic mass is 10.2. The maximum absolute atomic E-state index is 11.7. The smallest absolute Gasteiger partial charge is 0.270 e. The fourth-order valence-electron chi connectivity index (χ4n) is 1.40. The SMILES string of the molecule is O=C(NCc1ccccc1Cl)c1cc(=O)[nH]cn1. The van der Waals surface area contributed by atoms with Crippen LogP contribution in [0.1, 0.15) is 16.1 Å². The van der Waals surface area contributed by atoms with Gasteiger partial charge in [0.25, 0.3) is 11.5 Å². The van der Waals surface area contributed by atoms with Gasteiger partial charge in [0, 0.05) is 17.6 Å². The number of H-pyrrole nitrogens is 1. The zero-order valence-corrected chi connectivity index (χ0v) is 10.1. The number of benzene rings is 1. The molecule has 0 unspecified atom stereocenters. The van der Waals surface area contributed by atoms with Gasteiger partial charge in [-0.05, 0) is 11.6 Å². The molecule has 0 spiro atoms. The average Bonchev–Trinajstić information content (AvgIpc) is 2.37. The molecule has 6 heteroatoms. The van der Waals surface area contributed by atoms with Crippen LogP contribution in [0.3, 0.4) is 0 Å². The molecule has 0 fully saturated rings. The number of nitrogens with zero attached hydrogens (tertiary/aromatic N) is 1. The van der Waals surface area contributed by atoms with Crippen LogP contribution in [0.25, 0.3) is 0 Å². The molecule has 1 aromatic heterocycles. The van der Waals surface area contributed by atoms with Crippen molar-refractivity contribution in [3.63, 3.8) is 0 Å². The van der Waals surface area contributed by atoms with E-state index < -0.39 is 5.91 Å². The largest absolute Gasteiger partial charge is 0.347 e. The number of hydrogen-bond donors (Lipinski definition) is 2. The lowest BCUT2D eigenvalue weighted by Crippen LogP contribution is -2.25. The topological polar surface area (TPSA) is 74.8 Å². The Morgan fingerprint density at radius 2 is 2.17 bits per heavy atom. The summed E-state index contributed by atoms with van der Waals surface area (Å²) in [7, 11) is 0. The number of rotatable bonds is 3. The first-order valence-electron chi connectivity index (χ1n) is 5.23. The number of carbonyl (C=O) groups excluding carboxylic acids is 1. The summed E-state index contributed by atoms with van der Waals surface area (Å²) in [6, 6.07) is 8.34. The van der Waals surface area contributed by atoms with Crippen LogP contribution in [0.2, 0.25) is 5.02 Å². The molecular weight excluding hydrogens is 254 g/mol. The van der Waals surface area contributed by atoms with Crippen LogP contribution in [-0.2, 0) is 6.54 Å². The highest BCUT2D eigenvalue weighted by Crippen LogP contribution is 2.14. The summed E-state index contributed by atoms with van der Waals surface area (Å²) in [6.07, 6.45) is 1.19. The van der Waals surface area contributed by atoms with Crippen molar-refractivity contribution >= 4 is 17.5 Å². The second kappa shape index (κ2) is 5.46. The molecule has 0 saturated heterocycles. The summed E-state index contributed by atoms with van der Waals surface area (Å²) < 4.78 is 0. The zero-order chi connectivity index (χ0) is 13.0. The molecule has 0 aliphatic heterocycles. The fraction of sp³-hybridized carbons (Fsp3) is 0.0833. The van der Waals surface area contributed by atoms with Crippen molar-refractivity contribution in [2.24, 2.45) is 0 Å². The monoisotopic (exact) mass is 263 g/mol. The first-order chi connectivity index (χ1) is 8.66. The molecule has 2 rings (SSSR count). The van der Waals surface area contributed by atoms with Gasteiger partial charge in [-0.25, -0.2) is 4.98 Å². The minimum atomic E-state index is -0.416. The van der Waals surface area contributed by atoms with Gasteiger partial charge in [0.2, 0.25) is 0 Å². The number of carbonyl (C=O) groups is 1. The van der Waals surface area contributed by atoms with Gasteiger partial charge in [-0.3, -0.25) is 9.59 Å². The van der Waals surface area contributed by atoms with Gasteiger partial charge in [0.15, 0.2) is 0 Å². The minimum absolute atomic E-state index is 0.0748. The van der Waals surface area contributed by atoms with Gasteiger partial charge in [-0.15, -0.1) is 0 Å². The van der Waals surface area contributed by atoms with Crippen molar-refractivity contribution in [2.75, 3.05) is 0 Å². The molecule has 0 saturated carbocycles. The van der Waals surface area contributed by atoms with E-state index in [9.17, 15) is 9.59 Å². The molecule has 18 heavy (non-hydrogen) atoms. The lowest BCUT2D eigenvalue weighted by molar-refractivity contribution is 0.0945. The van der Waals surface area contributed by atoms with Crippen molar-refractivity contribution in [2.45, 2.75) is 6.54 Å².